The molecule has 2 rings (SSSR count). The molecule has 0 N–H and O–H groups in total. The number of carbonyl (C=O) groups excluding carboxylic acids is 2. The zero-order chi connectivity index (χ0) is 14.5. The van der Waals surface area contributed by atoms with Crippen molar-refractivity contribution < 1.29 is 28.2 Å². The molecule has 0 aromatic heterocycles. The monoisotopic (exact) mass is 282 g/mol. The first kappa shape index (κ1) is 15.4. The van der Waals surface area contributed by atoms with E-state index < -0.39 is 38.4 Å². The number of unbranched alkanes of at least 4 members (excludes halogenated alkanes) is 2. The van der Waals surface area contributed by atoms with E-state index in [1.54, 1.807) is 0 Å². The van der Waals surface area contributed by atoms with Gasteiger partial charge in [0, 0.05) is 0 Å². The second-order valence-electron chi connectivity index (χ2n) is 5.13. The van der Waals surface area contributed by atoms with E-state index in [9.17, 15) is 9.59 Å². The average molecular weight is 282 g/mol. The summed E-state index contributed by atoms with van der Waals surface area (Å²) in [5.74, 6) is -1.05. The summed E-state index contributed by atoms with van der Waals surface area (Å²) < 4.78 is 21.3. The predicted molar refractivity (Wildman–Crippen MR) is 72.9 cm³/mol. The fourth-order valence-electron chi connectivity index (χ4n) is 2.27. The van der Waals surface area contributed by atoms with E-state index in [0.717, 1.165) is 25.7 Å². The lowest BCUT2D eigenvalue weighted by Crippen LogP contribution is -2.60. The van der Waals surface area contributed by atoms with E-state index in [1.165, 1.54) is 0 Å². The minimum atomic E-state index is -0.990. The van der Waals surface area contributed by atoms with Crippen molar-refractivity contribution in [1.29, 1.82) is 0 Å². The Bertz CT molecular complexity index is 330. The Labute approximate surface area is 119 Å². The Kier molecular flexibility index (Phi) is 5.48. The highest BCUT2D eigenvalue weighted by atomic mass is 16.7. The molecular weight excluding hydrogens is 262 g/mol. The highest BCUT2D eigenvalue weighted by Gasteiger charge is 2.52. The standard InChI is InChI=1S/C12H20B2O6/c1-3-5-7-13-17-9-10(11(15)19-13)18-14(8-6-4-2)20-12(9)16/h9-10H,3-8H2,1-2H3. The van der Waals surface area contributed by atoms with Crippen LogP contribution in [-0.4, -0.2) is 38.4 Å². The molecule has 2 saturated heterocycles. The number of hydrogen-bond donors (Lipinski definition) is 0. The van der Waals surface area contributed by atoms with Gasteiger partial charge in [-0.1, -0.05) is 39.5 Å². The van der Waals surface area contributed by atoms with Gasteiger partial charge in [-0.2, -0.15) is 0 Å². The highest BCUT2D eigenvalue weighted by molar-refractivity contribution is 6.50. The predicted octanol–water partition coefficient (Wildman–Crippen LogP) is 1.45. The fourth-order valence-corrected chi connectivity index (χ4v) is 2.27. The van der Waals surface area contributed by atoms with Crippen molar-refractivity contribution in [3.63, 3.8) is 0 Å². The van der Waals surface area contributed by atoms with Crippen LogP contribution >= 0.6 is 0 Å². The van der Waals surface area contributed by atoms with Crippen LogP contribution in [0.3, 0.4) is 0 Å². The summed E-state index contributed by atoms with van der Waals surface area (Å²) in [5.41, 5.74) is 0. The third-order valence-electron chi connectivity index (χ3n) is 3.42. The fraction of sp³-hybridized carbons (Fsp3) is 0.833. The van der Waals surface area contributed by atoms with Gasteiger partial charge < -0.3 is 18.6 Å². The summed E-state index contributed by atoms with van der Waals surface area (Å²) in [6.45, 7) is 4.06. The molecule has 2 aliphatic heterocycles. The van der Waals surface area contributed by atoms with Crippen LogP contribution in [0.1, 0.15) is 39.5 Å². The molecule has 2 aliphatic rings. The van der Waals surface area contributed by atoms with E-state index in [-0.39, 0.29) is 0 Å². The van der Waals surface area contributed by atoms with E-state index in [0.29, 0.717) is 12.6 Å². The quantitative estimate of drug-likeness (QED) is 0.686. The summed E-state index contributed by atoms with van der Waals surface area (Å²) in [5, 5.41) is 0. The number of hydrogen-bond acceptors (Lipinski definition) is 6. The molecular formula is C12H20B2O6. The maximum atomic E-state index is 11.9. The van der Waals surface area contributed by atoms with Gasteiger partial charge >= 0.3 is 26.2 Å². The Morgan fingerprint density at radius 3 is 1.60 bits per heavy atom. The van der Waals surface area contributed by atoms with Gasteiger partial charge in [0.2, 0.25) is 0 Å². The van der Waals surface area contributed by atoms with Gasteiger partial charge in [-0.3, -0.25) is 9.59 Å². The number of carbonyl (C=O) groups is 2. The molecule has 0 spiro atoms. The summed E-state index contributed by atoms with van der Waals surface area (Å²) in [6, 6.07) is 0. The van der Waals surface area contributed by atoms with Crippen LogP contribution < -0.4 is 0 Å². The molecule has 2 heterocycles. The lowest BCUT2D eigenvalue weighted by molar-refractivity contribution is -0.177. The molecule has 2 atom stereocenters. The Morgan fingerprint density at radius 1 is 0.850 bits per heavy atom. The highest BCUT2D eigenvalue weighted by Crippen LogP contribution is 2.25. The minimum Gasteiger partial charge on any atom is -0.507 e. The van der Waals surface area contributed by atoms with Crippen molar-refractivity contribution in [2.45, 2.75) is 64.4 Å². The summed E-state index contributed by atoms with van der Waals surface area (Å²) in [6.07, 6.45) is 2.84. The minimum absolute atomic E-state index is 0.527. The van der Waals surface area contributed by atoms with Crippen molar-refractivity contribution in [1.82, 2.24) is 0 Å². The van der Waals surface area contributed by atoms with Gasteiger partial charge in [0.1, 0.15) is 0 Å². The van der Waals surface area contributed by atoms with E-state index in [4.69, 9.17) is 18.6 Å². The van der Waals surface area contributed by atoms with Gasteiger partial charge in [0.15, 0.2) is 12.2 Å². The lowest BCUT2D eigenvalue weighted by atomic mass is 9.77. The van der Waals surface area contributed by atoms with Crippen LogP contribution in [0.5, 0.6) is 0 Å². The normalized spacial score (nSPS) is 26.1. The maximum absolute atomic E-state index is 11.9. The van der Waals surface area contributed by atoms with E-state index in [1.807, 2.05) is 13.8 Å². The van der Waals surface area contributed by atoms with Crippen LogP contribution in [0.4, 0.5) is 0 Å². The molecule has 2 unspecified atom stereocenters. The van der Waals surface area contributed by atoms with Crippen molar-refractivity contribution in [3.8, 4) is 0 Å². The summed E-state index contributed by atoms with van der Waals surface area (Å²) in [7, 11) is -1.35. The average Bonchev–Trinajstić information content (AvgIpc) is 2.44. The van der Waals surface area contributed by atoms with Gasteiger partial charge in [-0.25, -0.2) is 0 Å². The molecule has 0 aliphatic carbocycles. The van der Waals surface area contributed by atoms with Crippen LogP contribution in [-0.2, 0) is 28.2 Å². The smallest absolute Gasteiger partial charge is 0.507 e. The maximum Gasteiger partial charge on any atom is 0.527 e. The van der Waals surface area contributed by atoms with Crippen LogP contribution in [0.25, 0.3) is 0 Å². The second kappa shape index (κ2) is 7.13. The van der Waals surface area contributed by atoms with Crippen molar-refractivity contribution in [2.24, 2.45) is 0 Å². The molecule has 0 amide bonds. The zero-order valence-corrected chi connectivity index (χ0v) is 12.0. The Hall–Kier alpha value is -1.01. The third-order valence-corrected chi connectivity index (χ3v) is 3.42. The zero-order valence-electron chi connectivity index (χ0n) is 12.0. The van der Waals surface area contributed by atoms with Crippen LogP contribution in [0.15, 0.2) is 0 Å². The van der Waals surface area contributed by atoms with Crippen LogP contribution in [0.2, 0.25) is 12.6 Å². The molecule has 2 fully saturated rings. The largest absolute Gasteiger partial charge is 0.527 e. The molecule has 110 valence electrons. The topological polar surface area (TPSA) is 71.1 Å². The SMILES string of the molecule is CCCCB1OC(=O)C2OB(CCCC)OC(=O)C2O1. The summed E-state index contributed by atoms with van der Waals surface area (Å²) >= 11 is 0. The van der Waals surface area contributed by atoms with E-state index in [2.05, 4.69) is 0 Å². The van der Waals surface area contributed by atoms with Gasteiger partial charge in [-0.05, 0) is 12.6 Å². The first-order chi connectivity index (χ1) is 9.65. The van der Waals surface area contributed by atoms with E-state index >= 15 is 0 Å². The molecule has 0 saturated carbocycles. The molecule has 0 aromatic rings. The van der Waals surface area contributed by atoms with Gasteiger partial charge in [-0.15, -0.1) is 0 Å². The lowest BCUT2D eigenvalue weighted by Gasteiger charge is -2.37. The second-order valence-corrected chi connectivity index (χ2v) is 5.13. The molecule has 8 heteroatoms. The molecule has 6 nitrogen and oxygen atoms in total. The summed E-state index contributed by atoms with van der Waals surface area (Å²) in [4.78, 5) is 23.9. The van der Waals surface area contributed by atoms with Crippen LogP contribution in [0, 0.1) is 0 Å². The first-order valence-electron chi connectivity index (χ1n) is 7.37. The van der Waals surface area contributed by atoms with Crippen molar-refractivity contribution >= 4 is 26.2 Å². The molecule has 0 bridgehead atoms. The molecule has 20 heavy (non-hydrogen) atoms. The van der Waals surface area contributed by atoms with Gasteiger partial charge in [0.25, 0.3) is 0 Å². The van der Waals surface area contributed by atoms with Crippen molar-refractivity contribution in [3.05, 3.63) is 0 Å². The first-order valence-corrected chi connectivity index (χ1v) is 7.37. The van der Waals surface area contributed by atoms with Crippen molar-refractivity contribution in [2.75, 3.05) is 0 Å². The van der Waals surface area contributed by atoms with Gasteiger partial charge in [0.05, 0.1) is 0 Å². The third kappa shape index (κ3) is 3.55. The number of rotatable bonds is 6. The Morgan fingerprint density at radius 2 is 1.25 bits per heavy atom. The molecule has 0 aromatic carbocycles. The molecule has 0 radical (unpaired) electrons. The Balaban J connectivity index is 1.95. The number of fused-ring (bicyclic) bond motifs is 1.